The van der Waals surface area contributed by atoms with Crippen LogP contribution in [0, 0.1) is 6.92 Å². The van der Waals surface area contributed by atoms with Gasteiger partial charge in [-0.05, 0) is 36.8 Å². The van der Waals surface area contributed by atoms with Gasteiger partial charge < -0.3 is 9.64 Å². The third-order valence-electron chi connectivity index (χ3n) is 4.66. The largest absolute Gasteiger partial charge is 0.448 e. The first kappa shape index (κ1) is 18.8. The highest BCUT2D eigenvalue weighted by atomic mass is 35.5. The van der Waals surface area contributed by atoms with Crippen LogP contribution in [0.2, 0.25) is 5.02 Å². The maximum Gasteiger partial charge on any atom is 0.409 e. The van der Waals surface area contributed by atoms with Gasteiger partial charge >= 0.3 is 6.09 Å². The van der Waals surface area contributed by atoms with Crippen LogP contribution in [0.15, 0.2) is 52.4 Å². The minimum Gasteiger partial charge on any atom is -0.448 e. The van der Waals surface area contributed by atoms with Gasteiger partial charge in [0, 0.05) is 17.3 Å². The highest BCUT2D eigenvalue weighted by Crippen LogP contribution is 2.26. The van der Waals surface area contributed by atoms with Crippen LogP contribution in [0.4, 0.5) is 4.79 Å². The van der Waals surface area contributed by atoms with Crippen molar-refractivity contribution in [3.8, 4) is 5.69 Å². The van der Waals surface area contributed by atoms with E-state index in [1.165, 1.54) is 11.8 Å². The van der Waals surface area contributed by atoms with E-state index >= 15 is 0 Å². The second-order valence-corrected chi connectivity index (χ2v) is 7.86. The van der Waals surface area contributed by atoms with Crippen LogP contribution in [-0.4, -0.2) is 46.0 Å². The van der Waals surface area contributed by atoms with Gasteiger partial charge in [-0.1, -0.05) is 41.6 Å². The summed E-state index contributed by atoms with van der Waals surface area (Å²) in [6, 6.07) is 12.8. The molecule has 28 heavy (non-hydrogen) atoms. The van der Waals surface area contributed by atoms with Gasteiger partial charge in [-0.25, -0.2) is 9.78 Å². The minimum atomic E-state index is -0.296. The third kappa shape index (κ3) is 3.47. The molecule has 8 heteroatoms. The normalized spacial score (nSPS) is 13.9. The van der Waals surface area contributed by atoms with E-state index in [2.05, 4.69) is 0 Å². The predicted octanol–water partition coefficient (Wildman–Crippen LogP) is 3.89. The van der Waals surface area contributed by atoms with E-state index < -0.39 is 0 Å². The first-order valence-corrected chi connectivity index (χ1v) is 10.2. The van der Waals surface area contributed by atoms with Gasteiger partial charge in [0.25, 0.3) is 5.56 Å². The van der Waals surface area contributed by atoms with Crippen molar-refractivity contribution in [2.75, 3.05) is 25.4 Å². The van der Waals surface area contributed by atoms with Crippen LogP contribution >= 0.6 is 23.4 Å². The zero-order valence-corrected chi connectivity index (χ0v) is 16.8. The zero-order valence-electron chi connectivity index (χ0n) is 15.2. The maximum atomic E-state index is 13.3. The minimum absolute atomic E-state index is 0.140. The molecule has 0 radical (unpaired) electrons. The second kappa shape index (κ2) is 7.85. The van der Waals surface area contributed by atoms with E-state index in [1.807, 2.05) is 37.3 Å². The number of fused-ring (bicyclic) bond motifs is 1. The molecule has 1 aliphatic rings. The Morgan fingerprint density at radius 2 is 2.00 bits per heavy atom. The molecule has 3 aromatic rings. The number of nitrogens with zero attached hydrogens (tertiary/aromatic N) is 3. The first-order chi connectivity index (χ1) is 13.6. The lowest BCUT2D eigenvalue weighted by molar-refractivity contribution is 0.160. The number of cyclic esters (lactones) is 1. The van der Waals surface area contributed by atoms with E-state index in [4.69, 9.17) is 21.3 Å². The molecule has 2 heterocycles. The summed E-state index contributed by atoms with van der Waals surface area (Å²) in [7, 11) is 0. The van der Waals surface area contributed by atoms with Gasteiger partial charge in [-0.3, -0.25) is 9.36 Å². The van der Waals surface area contributed by atoms with E-state index in [9.17, 15) is 9.59 Å². The Labute approximate surface area is 171 Å². The Bertz CT molecular complexity index is 1120. The van der Waals surface area contributed by atoms with E-state index in [1.54, 1.807) is 21.6 Å². The fourth-order valence-electron chi connectivity index (χ4n) is 3.14. The summed E-state index contributed by atoms with van der Waals surface area (Å²) in [6.07, 6.45) is -0.296. The number of carbonyl (C=O) groups is 1. The van der Waals surface area contributed by atoms with Gasteiger partial charge in [0.2, 0.25) is 0 Å². The standard InChI is InChI=1S/C20H18ClN3O3S/c1-13-15(21)6-4-8-17(13)24-18(25)14-5-2-3-7-16(14)22-19(24)28-12-10-23-9-11-27-20(23)26/h2-8H,9-12H2,1H3. The van der Waals surface area contributed by atoms with E-state index in [0.717, 1.165) is 5.56 Å². The Kier molecular flexibility index (Phi) is 5.28. The van der Waals surface area contributed by atoms with Gasteiger partial charge in [0.1, 0.15) is 6.61 Å². The molecule has 0 aliphatic carbocycles. The van der Waals surface area contributed by atoms with Crippen LogP contribution in [0.25, 0.3) is 16.6 Å². The lowest BCUT2D eigenvalue weighted by atomic mass is 10.2. The molecule has 0 bridgehead atoms. The molecule has 144 valence electrons. The summed E-state index contributed by atoms with van der Waals surface area (Å²) in [5.41, 5.74) is 2.03. The van der Waals surface area contributed by atoms with Crippen LogP contribution in [-0.2, 0) is 4.74 Å². The number of thioether (sulfide) groups is 1. The number of halogens is 1. The lowest BCUT2D eigenvalue weighted by Gasteiger charge is -2.17. The number of hydrogen-bond donors (Lipinski definition) is 0. The summed E-state index contributed by atoms with van der Waals surface area (Å²) in [5.74, 6) is 0.597. The quantitative estimate of drug-likeness (QED) is 0.467. The zero-order chi connectivity index (χ0) is 19.7. The highest BCUT2D eigenvalue weighted by molar-refractivity contribution is 7.99. The van der Waals surface area contributed by atoms with E-state index in [-0.39, 0.29) is 11.7 Å². The SMILES string of the molecule is Cc1c(Cl)cccc1-n1c(SCCN2CCOC2=O)nc2ccccc2c1=O. The van der Waals surface area contributed by atoms with Crippen LogP contribution in [0.1, 0.15) is 5.56 Å². The summed E-state index contributed by atoms with van der Waals surface area (Å²) in [5, 5.41) is 1.71. The number of carbonyl (C=O) groups excluding carboxylic acids is 1. The molecule has 0 spiro atoms. The van der Waals surface area contributed by atoms with Crippen molar-refractivity contribution >= 4 is 40.4 Å². The van der Waals surface area contributed by atoms with Crippen molar-refractivity contribution in [3.63, 3.8) is 0 Å². The third-order valence-corrected chi connectivity index (χ3v) is 5.99. The maximum absolute atomic E-state index is 13.3. The Morgan fingerprint density at radius 3 is 2.79 bits per heavy atom. The Balaban J connectivity index is 1.76. The monoisotopic (exact) mass is 415 g/mol. The number of amides is 1. The first-order valence-electron chi connectivity index (χ1n) is 8.88. The summed E-state index contributed by atoms with van der Waals surface area (Å²) in [4.78, 5) is 31.3. The molecule has 0 saturated carbocycles. The number of rotatable bonds is 5. The predicted molar refractivity (Wildman–Crippen MR) is 111 cm³/mol. The average Bonchev–Trinajstić information content (AvgIpc) is 3.10. The molecule has 1 aliphatic heterocycles. The van der Waals surface area contributed by atoms with Gasteiger partial charge in [-0.15, -0.1) is 0 Å². The number of hydrogen-bond acceptors (Lipinski definition) is 5. The molecule has 1 amide bonds. The Hall–Kier alpha value is -2.51. The number of aromatic nitrogens is 2. The van der Waals surface area contributed by atoms with Crippen molar-refractivity contribution < 1.29 is 9.53 Å². The van der Waals surface area contributed by atoms with Gasteiger partial charge in [0.15, 0.2) is 5.16 Å². The van der Waals surface area contributed by atoms with Gasteiger partial charge in [0.05, 0.1) is 23.1 Å². The summed E-state index contributed by atoms with van der Waals surface area (Å²) >= 11 is 7.73. The number of benzene rings is 2. The van der Waals surface area contributed by atoms with Crippen molar-refractivity contribution in [2.45, 2.75) is 12.1 Å². The lowest BCUT2D eigenvalue weighted by Crippen LogP contribution is -2.27. The average molecular weight is 416 g/mol. The second-order valence-electron chi connectivity index (χ2n) is 6.39. The van der Waals surface area contributed by atoms with Crippen LogP contribution in [0.3, 0.4) is 0 Å². The Morgan fingerprint density at radius 1 is 1.18 bits per heavy atom. The van der Waals surface area contributed by atoms with Gasteiger partial charge in [-0.2, -0.15) is 0 Å². The van der Waals surface area contributed by atoms with Crippen LogP contribution < -0.4 is 5.56 Å². The van der Waals surface area contributed by atoms with Crippen molar-refractivity contribution in [3.05, 3.63) is 63.4 Å². The molecule has 6 nitrogen and oxygen atoms in total. The highest BCUT2D eigenvalue weighted by Gasteiger charge is 2.22. The van der Waals surface area contributed by atoms with E-state index in [0.29, 0.717) is 52.2 Å². The molecule has 1 saturated heterocycles. The van der Waals surface area contributed by atoms with Crippen molar-refractivity contribution in [1.82, 2.24) is 14.5 Å². The molecular formula is C20H18ClN3O3S. The van der Waals surface area contributed by atoms with Crippen LogP contribution in [0.5, 0.6) is 0 Å². The topological polar surface area (TPSA) is 64.4 Å². The fraction of sp³-hybridized carbons (Fsp3) is 0.250. The molecular weight excluding hydrogens is 398 g/mol. The van der Waals surface area contributed by atoms with Crippen molar-refractivity contribution in [1.29, 1.82) is 0 Å². The molecule has 0 N–H and O–H groups in total. The number of ether oxygens (including phenoxy) is 1. The molecule has 0 atom stereocenters. The molecule has 2 aromatic carbocycles. The number of para-hydroxylation sites is 1. The smallest absolute Gasteiger partial charge is 0.409 e. The molecule has 0 unspecified atom stereocenters. The van der Waals surface area contributed by atoms with Crippen molar-refractivity contribution in [2.24, 2.45) is 0 Å². The molecule has 1 fully saturated rings. The summed E-state index contributed by atoms with van der Waals surface area (Å²) < 4.78 is 6.57. The summed E-state index contributed by atoms with van der Waals surface area (Å²) in [6.45, 7) is 3.42. The fourth-order valence-corrected chi connectivity index (χ4v) is 4.27. The molecule has 4 rings (SSSR count). The molecule has 1 aromatic heterocycles.